The molecule has 0 fully saturated rings. The Hall–Kier alpha value is -4.67. The standard InChI is InChI=1S/C27H27F2N5O4/c1-15(30)19(13-31-2)20-10-21-16(12-32-20)14-33(26-24(28)22(37-4)11-23(38-5)25(26)29)27(35)34(21)17-6-8-18(36-3)9-7-17/h6-13,30-31H,14H2,1-5H3/b19-13+,30-15?. The second-order valence-electron chi connectivity index (χ2n) is 8.33. The Morgan fingerprint density at radius 3 is 2.21 bits per heavy atom. The van der Waals surface area contributed by atoms with Gasteiger partial charge in [0.05, 0.1) is 44.9 Å². The van der Waals surface area contributed by atoms with Gasteiger partial charge in [0.25, 0.3) is 0 Å². The van der Waals surface area contributed by atoms with Crippen LogP contribution in [-0.4, -0.2) is 45.1 Å². The van der Waals surface area contributed by atoms with E-state index in [2.05, 4.69) is 10.3 Å². The summed E-state index contributed by atoms with van der Waals surface area (Å²) < 4.78 is 46.3. The Balaban J connectivity index is 1.95. The summed E-state index contributed by atoms with van der Waals surface area (Å²) in [7, 11) is 5.71. The molecule has 9 nitrogen and oxygen atoms in total. The fourth-order valence-corrected chi connectivity index (χ4v) is 4.20. The number of nitrogens with zero attached hydrogens (tertiary/aromatic N) is 3. The zero-order chi connectivity index (χ0) is 27.6. The molecule has 2 N–H and O–H groups in total. The number of urea groups is 1. The molecule has 0 bridgehead atoms. The number of pyridine rings is 1. The number of halogens is 2. The number of aromatic nitrogens is 1. The summed E-state index contributed by atoms with van der Waals surface area (Å²) in [5.74, 6) is -2.06. The Bertz CT molecular complexity index is 1400. The van der Waals surface area contributed by atoms with Crippen molar-refractivity contribution >= 4 is 34.4 Å². The van der Waals surface area contributed by atoms with Crippen molar-refractivity contribution < 1.29 is 27.8 Å². The van der Waals surface area contributed by atoms with Gasteiger partial charge in [-0.2, -0.15) is 0 Å². The Kier molecular flexibility index (Phi) is 7.47. The number of methoxy groups -OCH3 is 3. The van der Waals surface area contributed by atoms with Crippen LogP contribution in [0.15, 0.2) is 48.8 Å². The van der Waals surface area contributed by atoms with E-state index in [1.807, 2.05) is 0 Å². The van der Waals surface area contributed by atoms with E-state index >= 15 is 8.78 Å². The summed E-state index contributed by atoms with van der Waals surface area (Å²) in [6.07, 6.45) is 3.17. The minimum absolute atomic E-state index is 0.174. The summed E-state index contributed by atoms with van der Waals surface area (Å²) in [5.41, 5.74) is 2.04. The number of rotatable bonds is 8. The number of allylic oxidation sites excluding steroid dienone is 1. The average Bonchev–Trinajstić information content (AvgIpc) is 2.92. The maximum Gasteiger partial charge on any atom is 0.334 e. The molecule has 1 aromatic heterocycles. The van der Waals surface area contributed by atoms with E-state index in [0.29, 0.717) is 34.0 Å². The molecule has 1 aliphatic rings. The van der Waals surface area contributed by atoms with Crippen molar-refractivity contribution in [2.45, 2.75) is 13.5 Å². The molecule has 2 aromatic carbocycles. The summed E-state index contributed by atoms with van der Waals surface area (Å²) >= 11 is 0. The van der Waals surface area contributed by atoms with Crippen LogP contribution in [0.3, 0.4) is 0 Å². The van der Waals surface area contributed by atoms with Gasteiger partial charge in [0.1, 0.15) is 11.4 Å². The molecule has 38 heavy (non-hydrogen) atoms. The van der Waals surface area contributed by atoms with Gasteiger partial charge < -0.3 is 24.9 Å². The SMILES string of the molecule is CN/C=C(\C(C)=N)c1cc2c(cn1)CN(c1c(F)c(OC)cc(OC)c1F)C(=O)N2c1ccc(OC)cc1. The number of benzene rings is 2. The third-order valence-electron chi connectivity index (χ3n) is 6.07. The summed E-state index contributed by atoms with van der Waals surface area (Å²) in [4.78, 5) is 20.8. The zero-order valence-electron chi connectivity index (χ0n) is 21.6. The maximum absolute atomic E-state index is 15.5. The van der Waals surface area contributed by atoms with Gasteiger partial charge in [0.15, 0.2) is 23.1 Å². The van der Waals surface area contributed by atoms with Gasteiger partial charge in [-0.1, -0.05) is 0 Å². The molecule has 198 valence electrons. The van der Waals surface area contributed by atoms with E-state index in [1.165, 1.54) is 32.4 Å². The number of anilines is 3. The van der Waals surface area contributed by atoms with Crippen molar-refractivity contribution in [1.29, 1.82) is 5.41 Å². The van der Waals surface area contributed by atoms with Crippen molar-refractivity contribution in [1.82, 2.24) is 10.3 Å². The van der Waals surface area contributed by atoms with Crippen LogP contribution in [0.25, 0.3) is 5.57 Å². The number of nitrogens with one attached hydrogen (secondary N) is 2. The van der Waals surface area contributed by atoms with Gasteiger partial charge >= 0.3 is 6.03 Å². The molecule has 0 spiro atoms. The number of amides is 2. The first-order valence-corrected chi connectivity index (χ1v) is 11.5. The lowest BCUT2D eigenvalue weighted by molar-refractivity contribution is 0.251. The van der Waals surface area contributed by atoms with E-state index < -0.39 is 23.4 Å². The summed E-state index contributed by atoms with van der Waals surface area (Å²) in [6, 6.07) is 8.72. The van der Waals surface area contributed by atoms with Gasteiger partial charge in [-0.05, 0) is 37.3 Å². The largest absolute Gasteiger partial charge is 0.497 e. The fourth-order valence-electron chi connectivity index (χ4n) is 4.20. The van der Waals surface area contributed by atoms with Crippen molar-refractivity contribution in [3.63, 3.8) is 0 Å². The van der Waals surface area contributed by atoms with Crippen molar-refractivity contribution in [2.24, 2.45) is 0 Å². The second kappa shape index (κ2) is 10.8. The topological polar surface area (TPSA) is 100 Å². The number of ether oxygens (including phenoxy) is 3. The zero-order valence-corrected chi connectivity index (χ0v) is 21.6. The first kappa shape index (κ1) is 26.4. The lowest BCUT2D eigenvalue weighted by atomic mass is 10.0. The third-order valence-corrected chi connectivity index (χ3v) is 6.07. The fraction of sp³-hybridized carbons (Fsp3) is 0.222. The lowest BCUT2D eigenvalue weighted by Crippen LogP contribution is -2.46. The Morgan fingerprint density at radius 1 is 1.05 bits per heavy atom. The smallest absolute Gasteiger partial charge is 0.334 e. The number of carbonyl (C=O) groups is 1. The van der Waals surface area contributed by atoms with Crippen molar-refractivity contribution in [3.05, 3.63) is 71.7 Å². The summed E-state index contributed by atoms with van der Waals surface area (Å²) in [5, 5.41) is 11.0. The van der Waals surface area contributed by atoms with E-state index in [1.54, 1.807) is 50.5 Å². The predicted molar refractivity (Wildman–Crippen MR) is 141 cm³/mol. The van der Waals surface area contributed by atoms with Crippen LogP contribution in [-0.2, 0) is 6.54 Å². The minimum atomic E-state index is -1.04. The van der Waals surface area contributed by atoms with Crippen LogP contribution >= 0.6 is 0 Å². The molecule has 0 saturated heterocycles. The molecular formula is C27H27F2N5O4. The number of hydrogen-bond donors (Lipinski definition) is 2. The maximum atomic E-state index is 15.5. The van der Waals surface area contributed by atoms with Crippen LogP contribution in [0, 0.1) is 17.0 Å². The highest BCUT2D eigenvalue weighted by atomic mass is 19.1. The minimum Gasteiger partial charge on any atom is -0.497 e. The average molecular weight is 524 g/mol. The van der Waals surface area contributed by atoms with Gasteiger partial charge in [-0.3, -0.25) is 14.8 Å². The molecule has 0 saturated carbocycles. The van der Waals surface area contributed by atoms with Crippen molar-refractivity contribution in [2.75, 3.05) is 38.2 Å². The quantitative estimate of drug-likeness (QED) is 0.391. The second-order valence-corrected chi connectivity index (χ2v) is 8.33. The normalized spacial score (nSPS) is 13.2. The van der Waals surface area contributed by atoms with Gasteiger partial charge in [0.2, 0.25) is 0 Å². The molecule has 3 aromatic rings. The van der Waals surface area contributed by atoms with Crippen LogP contribution in [0.1, 0.15) is 18.2 Å². The Labute approximate surface area is 218 Å². The summed E-state index contributed by atoms with van der Waals surface area (Å²) in [6.45, 7) is 1.45. The van der Waals surface area contributed by atoms with Crippen LogP contribution in [0.4, 0.5) is 30.6 Å². The molecule has 0 unspecified atom stereocenters. The van der Waals surface area contributed by atoms with Crippen LogP contribution in [0.5, 0.6) is 17.2 Å². The number of hydrogen-bond acceptors (Lipinski definition) is 7. The highest BCUT2D eigenvalue weighted by molar-refractivity contribution is 6.21. The van der Waals surface area contributed by atoms with E-state index in [9.17, 15) is 4.79 Å². The monoisotopic (exact) mass is 523 g/mol. The van der Waals surface area contributed by atoms with Gasteiger partial charge in [-0.25, -0.2) is 13.6 Å². The molecular weight excluding hydrogens is 496 g/mol. The molecule has 0 aliphatic carbocycles. The molecule has 0 radical (unpaired) electrons. The number of carbonyl (C=O) groups excluding carboxylic acids is 1. The molecule has 4 rings (SSSR count). The Morgan fingerprint density at radius 2 is 1.68 bits per heavy atom. The third kappa shape index (κ3) is 4.58. The van der Waals surface area contributed by atoms with E-state index in [-0.39, 0.29) is 23.8 Å². The molecule has 1 aliphatic heterocycles. The molecule has 0 atom stereocenters. The van der Waals surface area contributed by atoms with Gasteiger partial charge in [0, 0.05) is 42.4 Å². The molecule has 2 amide bonds. The molecule has 2 heterocycles. The van der Waals surface area contributed by atoms with Crippen LogP contribution < -0.4 is 29.3 Å². The van der Waals surface area contributed by atoms with E-state index in [4.69, 9.17) is 19.6 Å². The van der Waals surface area contributed by atoms with Gasteiger partial charge in [-0.15, -0.1) is 0 Å². The van der Waals surface area contributed by atoms with Crippen LogP contribution in [0.2, 0.25) is 0 Å². The predicted octanol–water partition coefficient (Wildman–Crippen LogP) is 5.26. The lowest BCUT2D eigenvalue weighted by Gasteiger charge is -2.37. The highest BCUT2D eigenvalue weighted by Gasteiger charge is 2.37. The highest BCUT2D eigenvalue weighted by Crippen LogP contribution is 2.43. The molecule has 11 heteroatoms. The first-order valence-electron chi connectivity index (χ1n) is 11.5. The van der Waals surface area contributed by atoms with Crippen molar-refractivity contribution in [3.8, 4) is 17.2 Å². The van der Waals surface area contributed by atoms with E-state index in [0.717, 1.165) is 11.0 Å². The first-order chi connectivity index (χ1) is 18.2. The number of fused-ring (bicyclic) bond motifs is 1.